The van der Waals surface area contributed by atoms with Crippen molar-refractivity contribution < 1.29 is 33.0 Å². The first-order valence-corrected chi connectivity index (χ1v) is 15.6. The van der Waals surface area contributed by atoms with Gasteiger partial charge in [-0.25, -0.2) is 8.42 Å². The van der Waals surface area contributed by atoms with Gasteiger partial charge in [-0.05, 0) is 44.3 Å². The van der Waals surface area contributed by atoms with Crippen LogP contribution < -0.4 is 5.32 Å². The number of esters is 1. The lowest BCUT2D eigenvalue weighted by Gasteiger charge is -2.34. The number of nitrogens with zero attached hydrogens (tertiary/aromatic N) is 2. The van der Waals surface area contributed by atoms with Gasteiger partial charge in [0.25, 0.3) is 0 Å². The van der Waals surface area contributed by atoms with Crippen LogP contribution in [0.4, 0.5) is 0 Å². The van der Waals surface area contributed by atoms with Crippen molar-refractivity contribution in [2.75, 3.05) is 6.26 Å². The predicted molar refractivity (Wildman–Crippen MR) is 147 cm³/mol. The molecule has 0 radical (unpaired) electrons. The zero-order chi connectivity index (χ0) is 29.5. The highest BCUT2D eigenvalue weighted by molar-refractivity contribution is 7.90. The lowest BCUT2D eigenvalue weighted by Crippen LogP contribution is -2.45. The van der Waals surface area contributed by atoms with Gasteiger partial charge in [-0.3, -0.25) is 14.3 Å². The lowest BCUT2D eigenvalue weighted by molar-refractivity contribution is -0.154. The molecule has 3 rings (SSSR count). The van der Waals surface area contributed by atoms with E-state index in [-0.39, 0.29) is 34.7 Å². The maximum absolute atomic E-state index is 13.3. The van der Waals surface area contributed by atoms with Crippen LogP contribution in [0.2, 0.25) is 0 Å². The topological polar surface area (TPSA) is 158 Å². The van der Waals surface area contributed by atoms with E-state index in [0.717, 1.165) is 25.5 Å². The number of fused-ring (bicyclic) bond motifs is 1. The molecule has 10 nitrogen and oxygen atoms in total. The first-order chi connectivity index (χ1) is 17.9. The number of sulfone groups is 1. The van der Waals surface area contributed by atoms with E-state index < -0.39 is 45.5 Å². The standard InChI is InChI=1S/C28H45N3O7S/c1-16-10-9-11-28(6)21(29-28)14-20(17(2)12-19-13-23(31(7)30-19)39(8,36)37)38-24(33)15-22(32)27(4,5)26(35)18(3)25(16)34/h12-13,16,18,20-22,25,29,32,34H,9-11,14-15H2,1-8H3/b17-12+/t16-,18+,20-,21-,22-,25-,28+/m0/s1. The van der Waals surface area contributed by atoms with E-state index in [2.05, 4.69) is 17.3 Å². The number of ether oxygens (including phenoxy) is 1. The van der Waals surface area contributed by atoms with Crippen molar-refractivity contribution in [2.45, 2.75) is 109 Å². The molecule has 2 aliphatic rings. The smallest absolute Gasteiger partial charge is 0.309 e. The molecule has 39 heavy (non-hydrogen) atoms. The number of nitrogens with one attached hydrogen (secondary N) is 1. The molecule has 0 saturated carbocycles. The van der Waals surface area contributed by atoms with Gasteiger partial charge < -0.3 is 20.3 Å². The number of hydrogen-bond acceptors (Lipinski definition) is 9. The molecule has 2 saturated heterocycles. The molecule has 0 aromatic carbocycles. The molecule has 0 unspecified atom stereocenters. The highest BCUT2D eigenvalue weighted by Crippen LogP contribution is 2.38. The Kier molecular flexibility index (Phi) is 9.21. The summed E-state index contributed by atoms with van der Waals surface area (Å²) in [5.74, 6) is -1.72. The summed E-state index contributed by atoms with van der Waals surface area (Å²) < 4.78 is 31.3. The van der Waals surface area contributed by atoms with Crippen molar-refractivity contribution >= 4 is 27.7 Å². The minimum absolute atomic E-state index is 0.0802. The molecule has 0 amide bonds. The van der Waals surface area contributed by atoms with E-state index >= 15 is 0 Å². The summed E-state index contributed by atoms with van der Waals surface area (Å²) in [6.45, 7) is 10.7. The monoisotopic (exact) mass is 567 g/mol. The molecule has 1 aromatic heterocycles. The van der Waals surface area contributed by atoms with Crippen LogP contribution in [0.25, 0.3) is 6.08 Å². The molecule has 0 bridgehead atoms. The Balaban J connectivity index is 1.90. The molecule has 3 heterocycles. The molecule has 2 aliphatic heterocycles. The number of hydrogen-bond donors (Lipinski definition) is 3. The van der Waals surface area contributed by atoms with Gasteiger partial charge in [0.05, 0.1) is 29.7 Å². The Labute approximate surface area is 232 Å². The summed E-state index contributed by atoms with van der Waals surface area (Å²) in [6.07, 6.45) is 2.64. The molecule has 7 atom stereocenters. The fraction of sp³-hybridized carbons (Fsp3) is 0.750. The van der Waals surface area contributed by atoms with E-state index in [1.54, 1.807) is 40.8 Å². The van der Waals surface area contributed by atoms with Crippen LogP contribution in [0.15, 0.2) is 16.7 Å². The summed E-state index contributed by atoms with van der Waals surface area (Å²) in [6, 6.07) is 1.56. The van der Waals surface area contributed by atoms with Crippen molar-refractivity contribution in [1.82, 2.24) is 15.1 Å². The number of aromatic nitrogens is 2. The van der Waals surface area contributed by atoms with Crippen LogP contribution in [0.3, 0.4) is 0 Å². The summed E-state index contributed by atoms with van der Waals surface area (Å²) in [5.41, 5.74) is -0.292. The van der Waals surface area contributed by atoms with Crippen molar-refractivity contribution in [3.8, 4) is 0 Å². The summed E-state index contributed by atoms with van der Waals surface area (Å²) in [5, 5.41) is 29.7. The molecule has 0 aliphatic carbocycles. The number of carbonyl (C=O) groups excluding carboxylic acids is 2. The predicted octanol–water partition coefficient (Wildman–Crippen LogP) is 2.42. The van der Waals surface area contributed by atoms with E-state index in [9.17, 15) is 28.2 Å². The Bertz CT molecular complexity index is 1220. The average molecular weight is 568 g/mol. The number of aliphatic hydroxyl groups is 2. The molecule has 0 spiro atoms. The van der Waals surface area contributed by atoms with E-state index in [4.69, 9.17) is 4.74 Å². The third-order valence-electron chi connectivity index (χ3n) is 8.72. The van der Waals surface area contributed by atoms with Crippen LogP contribution in [0.5, 0.6) is 0 Å². The van der Waals surface area contributed by atoms with Crippen LogP contribution in [-0.4, -0.2) is 76.3 Å². The third kappa shape index (κ3) is 7.17. The van der Waals surface area contributed by atoms with Crippen LogP contribution in [0.1, 0.15) is 79.3 Å². The molecule has 1 aromatic rings. The maximum atomic E-state index is 13.3. The van der Waals surface area contributed by atoms with E-state index in [0.29, 0.717) is 17.7 Å². The molecule has 220 valence electrons. The number of rotatable bonds is 3. The fourth-order valence-corrected chi connectivity index (χ4v) is 6.51. The Hall–Kier alpha value is -2.08. The van der Waals surface area contributed by atoms with Gasteiger partial charge in [-0.15, -0.1) is 0 Å². The highest BCUT2D eigenvalue weighted by Gasteiger charge is 2.50. The molecule has 2 fully saturated rings. The Morgan fingerprint density at radius 2 is 1.87 bits per heavy atom. The van der Waals surface area contributed by atoms with Crippen LogP contribution in [-0.2, 0) is 31.2 Å². The summed E-state index contributed by atoms with van der Waals surface area (Å²) in [4.78, 5) is 26.3. The second-order valence-corrected chi connectivity index (χ2v) is 14.4. The zero-order valence-corrected chi connectivity index (χ0v) is 25.2. The molecule has 11 heteroatoms. The normalized spacial score (nSPS) is 35.3. The van der Waals surface area contributed by atoms with Gasteiger partial charge in [-0.1, -0.05) is 34.1 Å². The first kappa shape index (κ1) is 31.4. The fourth-order valence-electron chi connectivity index (χ4n) is 5.66. The molecule has 3 N–H and O–H groups in total. The van der Waals surface area contributed by atoms with Gasteiger partial charge in [-0.2, -0.15) is 5.10 Å². The minimum Gasteiger partial charge on any atom is -0.458 e. The van der Waals surface area contributed by atoms with Gasteiger partial charge in [0.15, 0.2) is 14.9 Å². The van der Waals surface area contributed by atoms with Crippen molar-refractivity contribution in [3.63, 3.8) is 0 Å². The van der Waals surface area contributed by atoms with Gasteiger partial charge in [0, 0.05) is 43.3 Å². The van der Waals surface area contributed by atoms with Crippen molar-refractivity contribution in [2.24, 2.45) is 24.3 Å². The SMILES string of the molecule is C/C(=C\c1cc(S(C)(=O)=O)n(C)n1)[C@@H]1C[C@@H]2N[C@]2(C)CCC[C@H](C)[C@H](O)[C@@H](C)C(=O)C(C)(C)[C@@H](O)CC(=O)O1. The lowest BCUT2D eigenvalue weighted by atomic mass is 9.73. The first-order valence-electron chi connectivity index (χ1n) is 13.7. The number of cyclic esters (lactones) is 1. The highest BCUT2D eigenvalue weighted by atomic mass is 32.2. The second kappa shape index (κ2) is 11.4. The summed E-state index contributed by atoms with van der Waals surface area (Å²) >= 11 is 0. The average Bonchev–Trinajstić information content (AvgIpc) is 3.29. The van der Waals surface area contributed by atoms with Crippen molar-refractivity contribution in [1.29, 1.82) is 0 Å². The van der Waals surface area contributed by atoms with Crippen molar-refractivity contribution in [3.05, 3.63) is 17.3 Å². The van der Waals surface area contributed by atoms with Crippen LogP contribution in [0, 0.1) is 17.3 Å². The molecular weight excluding hydrogens is 522 g/mol. The second-order valence-electron chi connectivity index (χ2n) is 12.5. The number of carbonyl (C=O) groups is 2. The Morgan fingerprint density at radius 3 is 2.46 bits per heavy atom. The van der Waals surface area contributed by atoms with E-state index in [1.165, 1.54) is 10.7 Å². The minimum atomic E-state index is -3.46. The Morgan fingerprint density at radius 1 is 1.23 bits per heavy atom. The number of aliphatic hydroxyl groups excluding tert-OH is 2. The zero-order valence-electron chi connectivity index (χ0n) is 24.4. The van der Waals surface area contributed by atoms with Gasteiger partial charge in [0.1, 0.15) is 11.9 Å². The quantitative estimate of drug-likeness (QED) is 0.368. The van der Waals surface area contributed by atoms with Crippen LogP contribution >= 0.6 is 0 Å². The number of aryl methyl sites for hydroxylation is 1. The molecular formula is C28H45N3O7S. The number of Topliss-reactive ketones (excluding diaryl/α,β-unsaturated/α-hetero) is 1. The third-order valence-corrected chi connectivity index (χ3v) is 9.87. The van der Waals surface area contributed by atoms with Gasteiger partial charge in [0.2, 0.25) is 0 Å². The van der Waals surface area contributed by atoms with E-state index in [1.807, 2.05) is 6.92 Å². The number of ketones is 1. The summed E-state index contributed by atoms with van der Waals surface area (Å²) in [7, 11) is -1.90. The van der Waals surface area contributed by atoms with Gasteiger partial charge >= 0.3 is 5.97 Å². The maximum Gasteiger partial charge on any atom is 0.309 e. The largest absolute Gasteiger partial charge is 0.458 e.